The Morgan fingerprint density at radius 2 is 2.26 bits per heavy atom. The van der Waals surface area contributed by atoms with Crippen LogP contribution in [0.3, 0.4) is 0 Å². The number of nitrogens with zero attached hydrogens (tertiary/aromatic N) is 2. The van der Waals surface area contributed by atoms with E-state index >= 15 is 0 Å². The van der Waals surface area contributed by atoms with Crippen molar-refractivity contribution in [3.8, 4) is 0 Å². The number of rotatable bonds is 5. The molecule has 1 aromatic heterocycles. The molecular formula is C14H17BrClN3. The molecule has 1 heterocycles. The summed E-state index contributed by atoms with van der Waals surface area (Å²) in [6.07, 6.45) is 4.62. The zero-order chi connectivity index (χ0) is 13.8. The highest BCUT2D eigenvalue weighted by Gasteiger charge is 2.16. The van der Waals surface area contributed by atoms with Crippen LogP contribution in [0.25, 0.3) is 0 Å². The number of aromatic nitrogens is 2. The van der Waals surface area contributed by atoms with Gasteiger partial charge in [0.15, 0.2) is 0 Å². The summed E-state index contributed by atoms with van der Waals surface area (Å²) in [5.74, 6) is 1.05. The van der Waals surface area contributed by atoms with Crippen LogP contribution in [0.15, 0.2) is 35.1 Å². The Kier molecular flexibility index (Phi) is 5.02. The zero-order valence-corrected chi connectivity index (χ0v) is 13.4. The minimum Gasteiger partial charge on any atom is -0.338 e. The minimum absolute atomic E-state index is 0.194. The molecule has 0 aliphatic rings. The first-order valence-electron chi connectivity index (χ1n) is 6.26. The van der Waals surface area contributed by atoms with Gasteiger partial charge < -0.3 is 9.88 Å². The Morgan fingerprint density at radius 3 is 2.89 bits per heavy atom. The molecule has 0 radical (unpaired) electrons. The van der Waals surface area contributed by atoms with Crippen molar-refractivity contribution in [2.45, 2.75) is 19.4 Å². The van der Waals surface area contributed by atoms with Gasteiger partial charge in [0.05, 0.1) is 0 Å². The molecule has 5 heteroatoms. The third-order valence-electron chi connectivity index (χ3n) is 3.09. The Bertz CT molecular complexity index is 553. The summed E-state index contributed by atoms with van der Waals surface area (Å²) in [4.78, 5) is 4.39. The molecule has 0 bridgehead atoms. The normalized spacial score (nSPS) is 12.6. The highest BCUT2D eigenvalue weighted by molar-refractivity contribution is 9.10. The van der Waals surface area contributed by atoms with Crippen LogP contribution in [0.2, 0.25) is 5.02 Å². The van der Waals surface area contributed by atoms with E-state index in [9.17, 15) is 0 Å². The Balaban J connectivity index is 2.29. The van der Waals surface area contributed by atoms with Crippen molar-refractivity contribution in [1.29, 1.82) is 0 Å². The van der Waals surface area contributed by atoms with Gasteiger partial charge in [-0.2, -0.15) is 0 Å². The number of benzene rings is 1. The van der Waals surface area contributed by atoms with Gasteiger partial charge in [-0.15, -0.1) is 0 Å². The number of hydrogen-bond acceptors (Lipinski definition) is 2. The first-order valence-corrected chi connectivity index (χ1v) is 7.43. The second-order valence-corrected chi connectivity index (χ2v) is 5.73. The summed E-state index contributed by atoms with van der Waals surface area (Å²) in [5.41, 5.74) is 1.16. The maximum absolute atomic E-state index is 6.10. The molecular weight excluding hydrogens is 326 g/mol. The number of likely N-dealkylation sites (N-methyl/N-ethyl adjacent to an activating group) is 1. The van der Waals surface area contributed by atoms with Crippen LogP contribution in [0.1, 0.15) is 24.4 Å². The standard InChI is InChI=1S/C14H17BrClN3/c1-3-17-13(9-14-18-6-7-19(14)2)11-8-10(16)4-5-12(11)15/h4-8,13,17H,3,9H2,1-2H3. The van der Waals surface area contributed by atoms with Crippen LogP contribution in [0.4, 0.5) is 0 Å². The Hall–Kier alpha value is -0.840. The van der Waals surface area contributed by atoms with Crippen molar-refractivity contribution >= 4 is 27.5 Å². The highest BCUT2D eigenvalue weighted by atomic mass is 79.9. The second-order valence-electron chi connectivity index (χ2n) is 4.43. The number of hydrogen-bond donors (Lipinski definition) is 1. The molecule has 2 rings (SSSR count). The number of halogens is 2. The summed E-state index contributed by atoms with van der Waals surface area (Å²) in [6, 6.07) is 6.07. The molecule has 0 aliphatic carbocycles. The summed E-state index contributed by atoms with van der Waals surface area (Å²) < 4.78 is 3.11. The Labute approximate surface area is 127 Å². The SMILES string of the molecule is CCNC(Cc1nccn1C)c1cc(Cl)ccc1Br. The summed E-state index contributed by atoms with van der Waals surface area (Å²) >= 11 is 9.70. The number of imidazole rings is 1. The quantitative estimate of drug-likeness (QED) is 0.897. The molecule has 102 valence electrons. The van der Waals surface area contributed by atoms with Crippen LogP contribution in [-0.2, 0) is 13.5 Å². The smallest absolute Gasteiger partial charge is 0.110 e. The molecule has 0 fully saturated rings. The first kappa shape index (κ1) is 14.6. The lowest BCUT2D eigenvalue weighted by molar-refractivity contribution is 0.527. The van der Waals surface area contributed by atoms with Crippen molar-refractivity contribution in [3.05, 3.63) is 51.5 Å². The van der Waals surface area contributed by atoms with E-state index < -0.39 is 0 Å². The maximum atomic E-state index is 6.10. The number of nitrogens with one attached hydrogen (secondary N) is 1. The van der Waals surface area contributed by atoms with Gasteiger partial charge in [-0.05, 0) is 30.3 Å². The minimum atomic E-state index is 0.194. The number of aryl methyl sites for hydroxylation is 1. The molecule has 3 nitrogen and oxygen atoms in total. The van der Waals surface area contributed by atoms with Gasteiger partial charge in [-0.3, -0.25) is 0 Å². The lowest BCUT2D eigenvalue weighted by Gasteiger charge is -2.20. The van der Waals surface area contributed by atoms with E-state index in [4.69, 9.17) is 11.6 Å². The lowest BCUT2D eigenvalue weighted by Crippen LogP contribution is -2.24. The molecule has 1 atom stereocenters. The third-order valence-corrected chi connectivity index (χ3v) is 4.05. The van der Waals surface area contributed by atoms with Gasteiger partial charge in [-0.1, -0.05) is 34.5 Å². The molecule has 0 spiro atoms. The maximum Gasteiger partial charge on any atom is 0.110 e. The molecule has 1 aromatic carbocycles. The lowest BCUT2D eigenvalue weighted by atomic mass is 10.0. The summed E-state index contributed by atoms with van der Waals surface area (Å²) in [7, 11) is 2.01. The molecule has 1 unspecified atom stereocenters. The van der Waals surface area contributed by atoms with Crippen LogP contribution < -0.4 is 5.32 Å². The van der Waals surface area contributed by atoms with E-state index in [2.05, 4.69) is 33.2 Å². The predicted octanol–water partition coefficient (Wildman–Crippen LogP) is 3.73. The van der Waals surface area contributed by atoms with E-state index in [-0.39, 0.29) is 6.04 Å². The zero-order valence-electron chi connectivity index (χ0n) is 11.0. The van der Waals surface area contributed by atoms with Gasteiger partial charge in [-0.25, -0.2) is 4.98 Å². The molecule has 1 N–H and O–H groups in total. The fourth-order valence-electron chi connectivity index (χ4n) is 2.10. The average molecular weight is 343 g/mol. The monoisotopic (exact) mass is 341 g/mol. The first-order chi connectivity index (χ1) is 9.11. The topological polar surface area (TPSA) is 29.9 Å². The van der Waals surface area contributed by atoms with Crippen LogP contribution in [0, 0.1) is 0 Å². The molecule has 2 aromatic rings. The second kappa shape index (κ2) is 6.55. The van der Waals surface area contributed by atoms with Crippen LogP contribution in [-0.4, -0.2) is 16.1 Å². The van der Waals surface area contributed by atoms with Crippen LogP contribution in [0.5, 0.6) is 0 Å². The summed E-state index contributed by atoms with van der Waals surface area (Å²) in [6.45, 7) is 3.00. The molecule has 0 amide bonds. The van der Waals surface area contributed by atoms with E-state index in [0.29, 0.717) is 0 Å². The summed E-state index contributed by atoms with van der Waals surface area (Å²) in [5, 5.41) is 4.24. The van der Waals surface area contributed by atoms with Crippen molar-refractivity contribution < 1.29 is 0 Å². The molecule has 0 aliphatic heterocycles. The average Bonchev–Trinajstić information content (AvgIpc) is 2.78. The molecule has 0 saturated heterocycles. The van der Waals surface area contributed by atoms with E-state index in [0.717, 1.165) is 33.8 Å². The largest absolute Gasteiger partial charge is 0.338 e. The van der Waals surface area contributed by atoms with Gasteiger partial charge in [0.2, 0.25) is 0 Å². The van der Waals surface area contributed by atoms with Crippen molar-refractivity contribution in [2.75, 3.05) is 6.54 Å². The van der Waals surface area contributed by atoms with Crippen LogP contribution >= 0.6 is 27.5 Å². The predicted molar refractivity (Wildman–Crippen MR) is 82.5 cm³/mol. The van der Waals surface area contributed by atoms with Gasteiger partial charge >= 0.3 is 0 Å². The third kappa shape index (κ3) is 3.59. The van der Waals surface area contributed by atoms with E-state index in [1.54, 1.807) is 0 Å². The van der Waals surface area contributed by atoms with Gasteiger partial charge in [0.1, 0.15) is 5.82 Å². The van der Waals surface area contributed by atoms with Gasteiger partial charge in [0.25, 0.3) is 0 Å². The van der Waals surface area contributed by atoms with Crippen molar-refractivity contribution in [2.24, 2.45) is 7.05 Å². The van der Waals surface area contributed by atoms with Crippen molar-refractivity contribution in [1.82, 2.24) is 14.9 Å². The molecule has 19 heavy (non-hydrogen) atoms. The van der Waals surface area contributed by atoms with Gasteiger partial charge in [0, 0.05) is 41.4 Å². The Morgan fingerprint density at radius 1 is 1.47 bits per heavy atom. The fourth-order valence-corrected chi connectivity index (χ4v) is 2.80. The fraction of sp³-hybridized carbons (Fsp3) is 0.357. The van der Waals surface area contributed by atoms with E-state index in [1.165, 1.54) is 0 Å². The highest BCUT2D eigenvalue weighted by Crippen LogP contribution is 2.28. The molecule has 0 saturated carbocycles. The van der Waals surface area contributed by atoms with Crippen molar-refractivity contribution in [3.63, 3.8) is 0 Å². The van der Waals surface area contributed by atoms with E-state index in [1.807, 2.05) is 42.2 Å².